The number of hydrogen-bond donors (Lipinski definition) is 1. The summed E-state index contributed by atoms with van der Waals surface area (Å²) < 4.78 is 0. The standard InChI is InChI=1S/C20H25N5O/c26-20(16-7-2-1-3-8-16)23-17-9-6-12-25(14-17)19-13-18(21-15-22-19)24-10-4-5-11-24/h1-3,7-8,13,15,17H,4-6,9-12,14H2,(H,23,26). The number of aromatic nitrogens is 2. The summed E-state index contributed by atoms with van der Waals surface area (Å²) >= 11 is 0. The van der Waals surface area contributed by atoms with Gasteiger partial charge in [-0.05, 0) is 37.8 Å². The number of benzene rings is 1. The van der Waals surface area contributed by atoms with Crippen molar-refractivity contribution in [3.63, 3.8) is 0 Å². The molecule has 2 aliphatic heterocycles. The van der Waals surface area contributed by atoms with E-state index in [-0.39, 0.29) is 11.9 Å². The minimum Gasteiger partial charge on any atom is -0.356 e. The normalized spacial score (nSPS) is 20.2. The molecule has 2 saturated heterocycles. The number of amides is 1. The number of rotatable bonds is 4. The molecular formula is C20H25N5O. The lowest BCUT2D eigenvalue weighted by Crippen LogP contribution is -2.48. The first kappa shape index (κ1) is 16.8. The van der Waals surface area contributed by atoms with Gasteiger partial charge in [-0.25, -0.2) is 9.97 Å². The summed E-state index contributed by atoms with van der Waals surface area (Å²) in [6.45, 7) is 3.90. The third-order valence-corrected chi connectivity index (χ3v) is 5.18. The number of carbonyl (C=O) groups is 1. The molecule has 2 aromatic rings. The van der Waals surface area contributed by atoms with Gasteiger partial charge in [-0.15, -0.1) is 0 Å². The number of nitrogens with one attached hydrogen (secondary N) is 1. The van der Waals surface area contributed by atoms with Crippen molar-refractivity contribution in [3.05, 3.63) is 48.3 Å². The zero-order valence-electron chi connectivity index (χ0n) is 15.0. The fourth-order valence-corrected chi connectivity index (χ4v) is 3.79. The molecule has 1 N–H and O–H groups in total. The maximum absolute atomic E-state index is 12.4. The lowest BCUT2D eigenvalue weighted by molar-refractivity contribution is 0.0933. The van der Waals surface area contributed by atoms with Gasteiger partial charge >= 0.3 is 0 Å². The van der Waals surface area contributed by atoms with E-state index < -0.39 is 0 Å². The van der Waals surface area contributed by atoms with Crippen molar-refractivity contribution in [2.24, 2.45) is 0 Å². The highest BCUT2D eigenvalue weighted by Gasteiger charge is 2.24. The van der Waals surface area contributed by atoms with Gasteiger partial charge in [0.25, 0.3) is 5.91 Å². The molecule has 2 aliphatic rings. The van der Waals surface area contributed by atoms with Crippen LogP contribution < -0.4 is 15.1 Å². The van der Waals surface area contributed by atoms with Crippen LogP contribution in [0.25, 0.3) is 0 Å². The van der Waals surface area contributed by atoms with E-state index in [1.807, 2.05) is 30.3 Å². The highest BCUT2D eigenvalue weighted by Crippen LogP contribution is 2.23. The SMILES string of the molecule is O=C(NC1CCCN(c2cc(N3CCCC3)ncn2)C1)c1ccccc1. The number of carbonyl (C=O) groups excluding carboxylic acids is 1. The molecule has 26 heavy (non-hydrogen) atoms. The van der Waals surface area contributed by atoms with Gasteiger partial charge in [-0.3, -0.25) is 4.79 Å². The minimum absolute atomic E-state index is 0.00195. The fourth-order valence-electron chi connectivity index (χ4n) is 3.79. The van der Waals surface area contributed by atoms with Crippen molar-refractivity contribution in [1.29, 1.82) is 0 Å². The van der Waals surface area contributed by atoms with Crippen molar-refractivity contribution in [3.8, 4) is 0 Å². The van der Waals surface area contributed by atoms with Gasteiger partial charge in [0.1, 0.15) is 18.0 Å². The number of hydrogen-bond acceptors (Lipinski definition) is 5. The largest absolute Gasteiger partial charge is 0.356 e. The highest BCUT2D eigenvalue weighted by molar-refractivity contribution is 5.94. The average molecular weight is 351 g/mol. The molecule has 2 fully saturated rings. The first-order chi connectivity index (χ1) is 12.8. The van der Waals surface area contributed by atoms with Gasteiger partial charge < -0.3 is 15.1 Å². The van der Waals surface area contributed by atoms with Crippen molar-refractivity contribution in [2.45, 2.75) is 31.7 Å². The monoisotopic (exact) mass is 351 g/mol. The second kappa shape index (κ2) is 7.72. The van der Waals surface area contributed by atoms with Crippen molar-refractivity contribution in [1.82, 2.24) is 15.3 Å². The molecule has 1 atom stereocenters. The minimum atomic E-state index is -0.00195. The molecule has 1 aromatic carbocycles. The predicted molar refractivity (Wildman–Crippen MR) is 103 cm³/mol. The van der Waals surface area contributed by atoms with Crippen LogP contribution in [0.5, 0.6) is 0 Å². The number of anilines is 2. The lowest BCUT2D eigenvalue weighted by Gasteiger charge is -2.34. The molecule has 4 rings (SSSR count). The Bertz CT molecular complexity index is 745. The van der Waals surface area contributed by atoms with E-state index in [9.17, 15) is 4.79 Å². The molecule has 1 aromatic heterocycles. The summed E-state index contributed by atoms with van der Waals surface area (Å²) in [5.74, 6) is 1.97. The van der Waals surface area contributed by atoms with Crippen molar-refractivity contribution in [2.75, 3.05) is 36.0 Å². The van der Waals surface area contributed by atoms with E-state index in [1.165, 1.54) is 12.8 Å². The quantitative estimate of drug-likeness (QED) is 0.917. The Morgan fingerprint density at radius 1 is 0.962 bits per heavy atom. The topological polar surface area (TPSA) is 61.4 Å². The van der Waals surface area contributed by atoms with E-state index in [0.29, 0.717) is 5.56 Å². The molecule has 1 amide bonds. The Hall–Kier alpha value is -2.63. The van der Waals surface area contributed by atoms with E-state index in [0.717, 1.165) is 50.7 Å². The van der Waals surface area contributed by atoms with E-state index in [2.05, 4.69) is 31.2 Å². The van der Waals surface area contributed by atoms with Gasteiger partial charge in [0.2, 0.25) is 0 Å². The molecule has 0 radical (unpaired) electrons. The summed E-state index contributed by atoms with van der Waals surface area (Å²) in [5, 5.41) is 3.17. The Balaban J connectivity index is 1.42. The summed E-state index contributed by atoms with van der Waals surface area (Å²) in [6, 6.07) is 11.6. The summed E-state index contributed by atoms with van der Waals surface area (Å²) in [6.07, 6.45) is 6.17. The van der Waals surface area contributed by atoms with Crippen molar-refractivity contribution < 1.29 is 4.79 Å². The molecule has 0 aliphatic carbocycles. The smallest absolute Gasteiger partial charge is 0.251 e. The van der Waals surface area contributed by atoms with E-state index >= 15 is 0 Å². The highest BCUT2D eigenvalue weighted by atomic mass is 16.1. The van der Waals surface area contributed by atoms with Crippen LogP contribution in [0.3, 0.4) is 0 Å². The molecule has 1 unspecified atom stereocenters. The van der Waals surface area contributed by atoms with Crippen LogP contribution in [0.15, 0.2) is 42.7 Å². The van der Waals surface area contributed by atoms with Gasteiger partial charge in [0.15, 0.2) is 0 Å². The number of nitrogens with zero attached hydrogens (tertiary/aromatic N) is 4. The second-order valence-corrected chi connectivity index (χ2v) is 7.05. The lowest BCUT2D eigenvalue weighted by atomic mass is 10.0. The third-order valence-electron chi connectivity index (χ3n) is 5.18. The molecule has 6 nitrogen and oxygen atoms in total. The van der Waals surface area contributed by atoms with Crippen LogP contribution in [0.1, 0.15) is 36.0 Å². The molecule has 136 valence electrons. The number of piperidine rings is 1. The first-order valence-electron chi connectivity index (χ1n) is 9.47. The Morgan fingerprint density at radius 3 is 2.42 bits per heavy atom. The van der Waals surface area contributed by atoms with Gasteiger partial charge in [0, 0.05) is 43.9 Å². The van der Waals surface area contributed by atoms with Crippen LogP contribution >= 0.6 is 0 Å². The Labute approximate surface area is 154 Å². The van der Waals surface area contributed by atoms with Gasteiger partial charge in [0.05, 0.1) is 0 Å². The molecule has 3 heterocycles. The second-order valence-electron chi connectivity index (χ2n) is 7.05. The molecule has 0 bridgehead atoms. The zero-order valence-corrected chi connectivity index (χ0v) is 15.0. The maximum Gasteiger partial charge on any atom is 0.251 e. The van der Waals surface area contributed by atoms with Crippen molar-refractivity contribution >= 4 is 17.5 Å². The molecule has 6 heteroatoms. The summed E-state index contributed by atoms with van der Waals surface area (Å²) in [5.41, 5.74) is 0.711. The van der Waals surface area contributed by atoms with Gasteiger partial charge in [-0.2, -0.15) is 0 Å². The third kappa shape index (κ3) is 3.79. The van der Waals surface area contributed by atoms with Crippen LogP contribution in [0, 0.1) is 0 Å². The van der Waals surface area contributed by atoms with E-state index in [1.54, 1.807) is 6.33 Å². The summed E-state index contributed by atoms with van der Waals surface area (Å²) in [7, 11) is 0. The molecule has 0 saturated carbocycles. The zero-order chi connectivity index (χ0) is 17.8. The average Bonchev–Trinajstić information content (AvgIpc) is 3.24. The molecular weight excluding hydrogens is 326 g/mol. The predicted octanol–water partition coefficient (Wildman–Crippen LogP) is 2.48. The fraction of sp³-hybridized carbons (Fsp3) is 0.450. The molecule has 0 spiro atoms. The van der Waals surface area contributed by atoms with Gasteiger partial charge in [-0.1, -0.05) is 18.2 Å². The van der Waals surface area contributed by atoms with E-state index in [4.69, 9.17) is 0 Å². The van der Waals surface area contributed by atoms with Crippen LogP contribution in [0.2, 0.25) is 0 Å². The maximum atomic E-state index is 12.4. The summed E-state index contributed by atoms with van der Waals surface area (Å²) in [4.78, 5) is 25.9. The first-order valence-corrected chi connectivity index (χ1v) is 9.47. The van der Waals surface area contributed by atoms with Crippen LogP contribution in [-0.4, -0.2) is 48.1 Å². The van der Waals surface area contributed by atoms with Crippen LogP contribution in [-0.2, 0) is 0 Å². The Kier molecular flexibility index (Phi) is 5.00. The Morgan fingerprint density at radius 2 is 1.65 bits per heavy atom. The van der Waals surface area contributed by atoms with Crippen LogP contribution in [0.4, 0.5) is 11.6 Å².